The number of hydrogen-bond donors (Lipinski definition) is 2. The van der Waals surface area contributed by atoms with Crippen LogP contribution in [-0.2, 0) is 11.3 Å². The predicted molar refractivity (Wildman–Crippen MR) is 117 cm³/mol. The summed E-state index contributed by atoms with van der Waals surface area (Å²) in [6, 6.07) is 18.0. The lowest BCUT2D eigenvalue weighted by atomic mass is 9.66. The Morgan fingerprint density at radius 2 is 1.90 bits per heavy atom. The van der Waals surface area contributed by atoms with Gasteiger partial charge in [-0.25, -0.2) is 0 Å². The predicted octanol–water partition coefficient (Wildman–Crippen LogP) is 3.68. The summed E-state index contributed by atoms with van der Waals surface area (Å²) in [5.74, 6) is 0.949. The van der Waals surface area contributed by atoms with Crippen LogP contribution in [-0.4, -0.2) is 41.7 Å². The molecule has 2 aliphatic rings. The molecule has 1 aliphatic heterocycles. The highest BCUT2D eigenvalue weighted by Crippen LogP contribution is 2.50. The molecule has 1 aliphatic carbocycles. The third-order valence-electron chi connectivity index (χ3n) is 6.81. The van der Waals surface area contributed by atoms with E-state index in [1.54, 1.807) is 7.11 Å². The Labute approximate surface area is 179 Å². The van der Waals surface area contributed by atoms with Crippen molar-refractivity contribution in [2.24, 2.45) is 5.92 Å². The molecule has 1 saturated carbocycles. The third-order valence-corrected chi connectivity index (χ3v) is 6.81. The first-order valence-electron chi connectivity index (χ1n) is 11.0. The van der Waals surface area contributed by atoms with Crippen LogP contribution in [0.2, 0.25) is 0 Å². The van der Waals surface area contributed by atoms with Crippen molar-refractivity contribution in [1.82, 2.24) is 10.2 Å². The number of carbonyl (C=O) groups excluding carboxylic acids is 1. The summed E-state index contributed by atoms with van der Waals surface area (Å²) in [6.45, 7) is 1.55. The summed E-state index contributed by atoms with van der Waals surface area (Å²) < 4.78 is 5.66. The molecule has 4 rings (SSSR count). The molecule has 0 radical (unpaired) electrons. The van der Waals surface area contributed by atoms with Gasteiger partial charge in [-0.15, -0.1) is 0 Å². The van der Waals surface area contributed by atoms with Crippen LogP contribution in [0.15, 0.2) is 54.6 Å². The van der Waals surface area contributed by atoms with E-state index in [0.717, 1.165) is 49.0 Å². The second kappa shape index (κ2) is 9.19. The zero-order chi connectivity index (χ0) is 21.0. The number of methoxy groups -OCH3 is 1. The van der Waals surface area contributed by atoms with Gasteiger partial charge in [-0.1, -0.05) is 61.4 Å². The van der Waals surface area contributed by atoms with Crippen molar-refractivity contribution in [2.75, 3.05) is 20.2 Å². The number of aliphatic hydroxyl groups is 1. The summed E-state index contributed by atoms with van der Waals surface area (Å²) in [5.41, 5.74) is 1.51. The number of fused-ring (bicyclic) bond motifs is 1. The number of nitrogens with one attached hydrogen (secondary N) is 1. The molecule has 0 unspecified atom stereocenters. The molecule has 1 heterocycles. The number of benzene rings is 2. The van der Waals surface area contributed by atoms with E-state index in [9.17, 15) is 9.90 Å². The normalized spacial score (nSPS) is 26.6. The van der Waals surface area contributed by atoms with E-state index < -0.39 is 5.60 Å². The first-order chi connectivity index (χ1) is 14.6. The summed E-state index contributed by atoms with van der Waals surface area (Å²) >= 11 is 0. The number of rotatable bonds is 6. The van der Waals surface area contributed by atoms with Gasteiger partial charge in [0.05, 0.1) is 19.3 Å². The zero-order valence-electron chi connectivity index (χ0n) is 17.7. The van der Waals surface area contributed by atoms with Crippen LogP contribution in [0, 0.1) is 5.92 Å². The molecule has 0 spiro atoms. The van der Waals surface area contributed by atoms with Gasteiger partial charge in [-0.3, -0.25) is 9.69 Å². The highest BCUT2D eigenvalue weighted by molar-refractivity contribution is 5.78. The minimum atomic E-state index is -0.652. The molecule has 0 aromatic heterocycles. The smallest absolute Gasteiger partial charge is 0.234 e. The molecule has 3 atom stereocenters. The topological polar surface area (TPSA) is 61.8 Å². The molecule has 2 aromatic rings. The second-order valence-corrected chi connectivity index (χ2v) is 8.63. The van der Waals surface area contributed by atoms with E-state index in [2.05, 4.69) is 16.3 Å². The number of hydrogen-bond acceptors (Lipinski definition) is 4. The van der Waals surface area contributed by atoms with Crippen LogP contribution in [0.1, 0.15) is 49.3 Å². The van der Waals surface area contributed by atoms with Crippen molar-refractivity contribution in [2.45, 2.75) is 50.3 Å². The molecule has 5 nitrogen and oxygen atoms in total. The standard InChI is InChI=1S/C25H32N2O3/c1-30-22-13-6-5-11-20(22)24-21-12-7-8-14-25(21,29)15-16-27(24)18-23(28)26-17-19-9-3-2-4-10-19/h2-6,9-11,13,21,24,29H,7-8,12,14-18H2,1H3,(H,26,28)/t21-,24-,25-/m0/s1. The van der Waals surface area contributed by atoms with Crippen LogP contribution in [0.5, 0.6) is 5.75 Å². The molecule has 2 fully saturated rings. The number of ether oxygens (including phenoxy) is 1. The van der Waals surface area contributed by atoms with E-state index in [1.165, 1.54) is 0 Å². The molecular weight excluding hydrogens is 376 g/mol. The molecule has 5 heteroatoms. The van der Waals surface area contributed by atoms with Crippen molar-refractivity contribution in [3.05, 3.63) is 65.7 Å². The molecule has 160 valence electrons. The fraction of sp³-hybridized carbons (Fsp3) is 0.480. The zero-order valence-corrected chi connectivity index (χ0v) is 17.7. The monoisotopic (exact) mass is 408 g/mol. The van der Waals surface area contributed by atoms with Gasteiger partial charge in [0, 0.05) is 30.6 Å². The lowest BCUT2D eigenvalue weighted by molar-refractivity contribution is -0.138. The first kappa shape index (κ1) is 20.9. The third kappa shape index (κ3) is 4.37. The number of piperidine rings is 1. The summed E-state index contributed by atoms with van der Waals surface area (Å²) in [4.78, 5) is 15.0. The van der Waals surface area contributed by atoms with Crippen molar-refractivity contribution in [3.63, 3.8) is 0 Å². The van der Waals surface area contributed by atoms with Crippen LogP contribution in [0.25, 0.3) is 0 Å². The van der Waals surface area contributed by atoms with Gasteiger partial charge in [0.25, 0.3) is 0 Å². The molecule has 30 heavy (non-hydrogen) atoms. The maximum Gasteiger partial charge on any atom is 0.234 e. The van der Waals surface area contributed by atoms with Crippen molar-refractivity contribution in [1.29, 1.82) is 0 Å². The van der Waals surface area contributed by atoms with Crippen LogP contribution < -0.4 is 10.1 Å². The van der Waals surface area contributed by atoms with Gasteiger partial charge >= 0.3 is 0 Å². The Morgan fingerprint density at radius 1 is 1.13 bits per heavy atom. The minimum absolute atomic E-state index is 0.0139. The largest absolute Gasteiger partial charge is 0.496 e. The van der Waals surface area contributed by atoms with Gasteiger partial charge in [0.1, 0.15) is 5.75 Å². The number of para-hydroxylation sites is 1. The maximum absolute atomic E-state index is 12.8. The lowest BCUT2D eigenvalue weighted by Crippen LogP contribution is -2.56. The van der Waals surface area contributed by atoms with Crippen LogP contribution >= 0.6 is 0 Å². The molecule has 0 bridgehead atoms. The Balaban J connectivity index is 1.55. The van der Waals surface area contributed by atoms with E-state index >= 15 is 0 Å². The Hall–Kier alpha value is -2.37. The lowest BCUT2D eigenvalue weighted by Gasteiger charge is -2.52. The van der Waals surface area contributed by atoms with Gasteiger partial charge in [-0.2, -0.15) is 0 Å². The van der Waals surface area contributed by atoms with E-state index in [0.29, 0.717) is 19.6 Å². The molecule has 2 N–H and O–H groups in total. The summed E-state index contributed by atoms with van der Waals surface area (Å²) in [7, 11) is 1.69. The highest BCUT2D eigenvalue weighted by Gasteiger charge is 2.49. The molecular formula is C25H32N2O3. The van der Waals surface area contributed by atoms with E-state index in [-0.39, 0.29) is 17.9 Å². The quantitative estimate of drug-likeness (QED) is 0.765. The summed E-state index contributed by atoms with van der Waals surface area (Å²) in [6.07, 6.45) is 4.73. The van der Waals surface area contributed by atoms with E-state index in [4.69, 9.17) is 4.74 Å². The maximum atomic E-state index is 12.8. The number of likely N-dealkylation sites (tertiary alicyclic amines) is 1. The number of amides is 1. The van der Waals surface area contributed by atoms with Gasteiger partial charge in [0.15, 0.2) is 0 Å². The second-order valence-electron chi connectivity index (χ2n) is 8.63. The average Bonchev–Trinajstić information content (AvgIpc) is 2.78. The average molecular weight is 409 g/mol. The fourth-order valence-corrected chi connectivity index (χ4v) is 5.28. The van der Waals surface area contributed by atoms with Crippen molar-refractivity contribution < 1.29 is 14.6 Å². The number of carbonyl (C=O) groups is 1. The van der Waals surface area contributed by atoms with Crippen LogP contribution in [0.3, 0.4) is 0 Å². The van der Waals surface area contributed by atoms with Gasteiger partial charge < -0.3 is 15.2 Å². The molecule has 1 amide bonds. The van der Waals surface area contributed by atoms with Crippen molar-refractivity contribution in [3.8, 4) is 5.75 Å². The van der Waals surface area contributed by atoms with Gasteiger partial charge in [0.2, 0.25) is 5.91 Å². The Morgan fingerprint density at radius 3 is 2.70 bits per heavy atom. The van der Waals surface area contributed by atoms with E-state index in [1.807, 2.05) is 48.5 Å². The first-order valence-corrected chi connectivity index (χ1v) is 11.0. The number of nitrogens with zero attached hydrogens (tertiary/aromatic N) is 1. The van der Waals surface area contributed by atoms with Crippen LogP contribution in [0.4, 0.5) is 0 Å². The minimum Gasteiger partial charge on any atom is -0.496 e. The molecule has 2 aromatic carbocycles. The summed E-state index contributed by atoms with van der Waals surface area (Å²) in [5, 5.41) is 14.5. The van der Waals surface area contributed by atoms with Crippen molar-refractivity contribution >= 4 is 5.91 Å². The Kier molecular flexibility index (Phi) is 6.40. The SMILES string of the molecule is COc1ccccc1[C@H]1[C@@H]2CCCC[C@]2(O)CCN1CC(=O)NCc1ccccc1. The Bertz CT molecular complexity index is 856. The van der Waals surface area contributed by atoms with Gasteiger partial charge in [-0.05, 0) is 30.9 Å². The fourth-order valence-electron chi connectivity index (χ4n) is 5.28. The molecule has 1 saturated heterocycles. The highest BCUT2D eigenvalue weighted by atomic mass is 16.5.